The van der Waals surface area contributed by atoms with Crippen LogP contribution in [0.15, 0.2) is 43.2 Å². The topological polar surface area (TPSA) is 78.0 Å². The third-order valence-corrected chi connectivity index (χ3v) is 4.42. The molecule has 4 aromatic rings. The molecular weight excluding hydrogens is 387 g/mol. The van der Waals surface area contributed by atoms with Crippen molar-refractivity contribution in [3.63, 3.8) is 0 Å². The van der Waals surface area contributed by atoms with E-state index in [0.29, 0.717) is 22.3 Å². The van der Waals surface area contributed by atoms with Gasteiger partial charge in [-0.1, -0.05) is 0 Å². The smallest absolute Gasteiger partial charge is 0.406 e. The fourth-order valence-corrected chi connectivity index (χ4v) is 3.14. The predicted molar refractivity (Wildman–Crippen MR) is 99.1 cm³/mol. The maximum atomic E-state index is 12.6. The molecule has 7 nitrogen and oxygen atoms in total. The molecule has 0 radical (unpaired) electrons. The fraction of sp³-hybridized carbons (Fsp3) is 0.211. The first-order valence-corrected chi connectivity index (χ1v) is 8.55. The molecule has 4 heterocycles. The van der Waals surface area contributed by atoms with E-state index in [1.54, 1.807) is 31.6 Å². The first kappa shape index (κ1) is 18.8. The van der Waals surface area contributed by atoms with Crippen LogP contribution in [0, 0.1) is 6.92 Å². The van der Waals surface area contributed by atoms with E-state index in [1.807, 2.05) is 6.92 Å². The average molecular weight is 403 g/mol. The Morgan fingerprint density at radius 1 is 1.17 bits per heavy atom. The monoisotopic (exact) mass is 403 g/mol. The van der Waals surface area contributed by atoms with Crippen LogP contribution < -0.4 is 4.74 Å². The summed E-state index contributed by atoms with van der Waals surface area (Å²) in [5, 5.41) is 11.1. The Morgan fingerprint density at radius 3 is 2.69 bits per heavy atom. The van der Waals surface area contributed by atoms with Crippen LogP contribution in [0.3, 0.4) is 0 Å². The zero-order valence-corrected chi connectivity index (χ0v) is 15.5. The number of alkyl halides is 3. The number of rotatable bonds is 4. The summed E-state index contributed by atoms with van der Waals surface area (Å²) < 4.78 is 45.2. The van der Waals surface area contributed by atoms with Crippen LogP contribution in [0.2, 0.25) is 0 Å². The van der Waals surface area contributed by atoms with Gasteiger partial charge in [-0.15, -0.1) is 0 Å². The Balaban J connectivity index is 1.78. The maximum Gasteiger partial charge on any atom is 0.406 e. The summed E-state index contributed by atoms with van der Waals surface area (Å²) in [5.41, 5.74) is 2.58. The molecule has 0 unspecified atom stereocenters. The minimum absolute atomic E-state index is 0.141. The van der Waals surface area contributed by atoms with Crippen molar-refractivity contribution in [1.29, 1.82) is 0 Å². The number of fused-ring (bicyclic) bond motifs is 1. The molecule has 4 aromatic heterocycles. The predicted octanol–water partition coefficient (Wildman–Crippen LogP) is 3.87. The summed E-state index contributed by atoms with van der Waals surface area (Å²) in [7, 11) is 1.54. The normalized spacial score (nSPS) is 11.9. The Labute approximate surface area is 163 Å². The molecule has 10 heteroatoms. The minimum Gasteiger partial charge on any atom is -0.495 e. The van der Waals surface area contributed by atoms with Crippen LogP contribution in [0.5, 0.6) is 11.6 Å². The second kappa shape index (κ2) is 6.80. The van der Waals surface area contributed by atoms with Crippen molar-refractivity contribution in [1.82, 2.24) is 24.1 Å². The van der Waals surface area contributed by atoms with E-state index in [-0.39, 0.29) is 11.7 Å². The molecule has 150 valence electrons. The number of aromatic hydroxyl groups is 1. The second-order valence-corrected chi connectivity index (χ2v) is 6.54. The Bertz CT molecular complexity index is 1200. The number of hydrogen-bond acceptors (Lipinski definition) is 5. The van der Waals surface area contributed by atoms with Crippen LogP contribution in [-0.4, -0.2) is 42.5 Å². The average Bonchev–Trinajstić information content (AvgIpc) is 3.24. The van der Waals surface area contributed by atoms with E-state index in [2.05, 4.69) is 15.0 Å². The molecule has 0 bridgehead atoms. The number of aromatic nitrogens is 5. The van der Waals surface area contributed by atoms with E-state index >= 15 is 0 Å². The van der Waals surface area contributed by atoms with Gasteiger partial charge in [0.05, 0.1) is 36.2 Å². The SMILES string of the molecule is COc1cncc(-c2cc(C)c3c(O)n(-c4cn(CC(F)(F)F)cn4)cc3n2)c1. The lowest BCUT2D eigenvalue weighted by Crippen LogP contribution is -2.16. The van der Waals surface area contributed by atoms with Crippen molar-refractivity contribution in [2.75, 3.05) is 7.11 Å². The third kappa shape index (κ3) is 3.60. The van der Waals surface area contributed by atoms with Crippen LogP contribution in [0.4, 0.5) is 13.2 Å². The zero-order chi connectivity index (χ0) is 20.8. The van der Waals surface area contributed by atoms with Crippen molar-refractivity contribution >= 4 is 10.9 Å². The Morgan fingerprint density at radius 2 is 1.97 bits per heavy atom. The van der Waals surface area contributed by atoms with E-state index in [0.717, 1.165) is 22.0 Å². The van der Waals surface area contributed by atoms with Gasteiger partial charge in [-0.05, 0) is 24.6 Å². The van der Waals surface area contributed by atoms with Gasteiger partial charge < -0.3 is 14.4 Å². The number of ether oxygens (including phenoxy) is 1. The summed E-state index contributed by atoms with van der Waals surface area (Å²) in [4.78, 5) is 12.7. The summed E-state index contributed by atoms with van der Waals surface area (Å²) in [6, 6.07) is 3.58. The van der Waals surface area contributed by atoms with E-state index in [4.69, 9.17) is 4.74 Å². The van der Waals surface area contributed by atoms with Gasteiger partial charge in [0.25, 0.3) is 0 Å². The van der Waals surface area contributed by atoms with Crippen LogP contribution >= 0.6 is 0 Å². The number of nitrogens with zero attached hydrogens (tertiary/aromatic N) is 5. The van der Waals surface area contributed by atoms with Gasteiger partial charge in [-0.3, -0.25) is 9.55 Å². The van der Waals surface area contributed by atoms with Crippen molar-refractivity contribution in [3.8, 4) is 28.7 Å². The van der Waals surface area contributed by atoms with Gasteiger partial charge in [0.2, 0.25) is 5.88 Å². The Hall–Kier alpha value is -3.56. The number of hydrogen-bond donors (Lipinski definition) is 1. The fourth-order valence-electron chi connectivity index (χ4n) is 3.14. The lowest BCUT2D eigenvalue weighted by molar-refractivity contribution is -0.140. The molecule has 4 rings (SSSR count). The highest BCUT2D eigenvalue weighted by molar-refractivity contribution is 5.90. The van der Waals surface area contributed by atoms with Crippen molar-refractivity contribution in [2.24, 2.45) is 0 Å². The summed E-state index contributed by atoms with van der Waals surface area (Å²) in [6.07, 6.45) is 2.68. The molecule has 0 spiro atoms. The van der Waals surface area contributed by atoms with Gasteiger partial charge in [0.1, 0.15) is 12.3 Å². The van der Waals surface area contributed by atoms with Crippen LogP contribution in [0.1, 0.15) is 5.56 Å². The number of imidazole rings is 1. The molecule has 29 heavy (non-hydrogen) atoms. The lowest BCUT2D eigenvalue weighted by Gasteiger charge is -2.06. The van der Waals surface area contributed by atoms with Crippen molar-refractivity contribution in [3.05, 3.63) is 48.8 Å². The molecule has 0 saturated carbocycles. The third-order valence-electron chi connectivity index (χ3n) is 4.42. The van der Waals surface area contributed by atoms with Crippen molar-refractivity contribution in [2.45, 2.75) is 19.6 Å². The first-order chi connectivity index (χ1) is 13.7. The number of methoxy groups -OCH3 is 1. The highest BCUT2D eigenvalue weighted by atomic mass is 19.4. The van der Waals surface area contributed by atoms with Gasteiger partial charge in [-0.25, -0.2) is 9.97 Å². The molecule has 0 amide bonds. The van der Waals surface area contributed by atoms with Gasteiger partial charge >= 0.3 is 6.18 Å². The highest BCUT2D eigenvalue weighted by Gasteiger charge is 2.28. The summed E-state index contributed by atoms with van der Waals surface area (Å²) in [6.45, 7) is 0.652. The maximum absolute atomic E-state index is 12.6. The van der Waals surface area contributed by atoms with E-state index < -0.39 is 12.7 Å². The van der Waals surface area contributed by atoms with Crippen LogP contribution in [0.25, 0.3) is 28.0 Å². The molecule has 0 fully saturated rings. The zero-order valence-electron chi connectivity index (χ0n) is 15.5. The molecule has 1 N–H and O–H groups in total. The quantitative estimate of drug-likeness (QED) is 0.560. The highest BCUT2D eigenvalue weighted by Crippen LogP contribution is 2.34. The van der Waals surface area contributed by atoms with E-state index in [9.17, 15) is 18.3 Å². The van der Waals surface area contributed by atoms with Crippen molar-refractivity contribution < 1.29 is 23.0 Å². The lowest BCUT2D eigenvalue weighted by atomic mass is 10.1. The number of pyridine rings is 2. The number of halogens is 3. The molecule has 0 aliphatic heterocycles. The number of aryl methyl sites for hydroxylation is 1. The van der Waals surface area contributed by atoms with Gasteiger partial charge in [-0.2, -0.15) is 13.2 Å². The standard InChI is InChI=1S/C19H16F3N5O2/c1-11-3-14(12-4-13(29-2)6-23-5-12)25-15-7-27(18(28)17(11)15)16-8-26(10-24-16)9-19(20,21)22/h3-8,10,28H,9H2,1-2H3. The molecule has 0 atom stereocenters. The largest absolute Gasteiger partial charge is 0.495 e. The molecule has 0 saturated heterocycles. The van der Waals surface area contributed by atoms with Crippen LogP contribution in [-0.2, 0) is 6.54 Å². The molecule has 0 aromatic carbocycles. The molecular formula is C19H16F3N5O2. The molecule has 0 aliphatic rings. The van der Waals surface area contributed by atoms with Gasteiger partial charge in [0.15, 0.2) is 5.82 Å². The van der Waals surface area contributed by atoms with Gasteiger partial charge in [0, 0.05) is 24.2 Å². The summed E-state index contributed by atoms with van der Waals surface area (Å²) in [5.74, 6) is 0.601. The summed E-state index contributed by atoms with van der Waals surface area (Å²) >= 11 is 0. The Kier molecular flexibility index (Phi) is 4.40. The minimum atomic E-state index is -4.36. The molecule has 0 aliphatic carbocycles. The first-order valence-electron chi connectivity index (χ1n) is 8.55. The van der Waals surface area contributed by atoms with E-state index in [1.165, 1.54) is 17.0 Å². The second-order valence-electron chi connectivity index (χ2n) is 6.54.